The molecule has 5 heteroatoms. The molecule has 4 rings (SSSR count). The maximum absolute atomic E-state index is 12.8. The summed E-state index contributed by atoms with van der Waals surface area (Å²) in [6.45, 7) is 0.632. The van der Waals surface area contributed by atoms with E-state index in [1.165, 1.54) is 0 Å². The van der Waals surface area contributed by atoms with Crippen molar-refractivity contribution in [3.63, 3.8) is 0 Å². The van der Waals surface area contributed by atoms with Gasteiger partial charge in [-0.1, -0.05) is 30.3 Å². The predicted molar refractivity (Wildman–Crippen MR) is 109 cm³/mol. The van der Waals surface area contributed by atoms with Crippen LogP contribution >= 0.6 is 0 Å². The number of nitrogens with one attached hydrogen (secondary N) is 1. The van der Waals surface area contributed by atoms with Gasteiger partial charge in [0.05, 0.1) is 12.7 Å². The number of methoxy groups -OCH3 is 1. The summed E-state index contributed by atoms with van der Waals surface area (Å²) < 4.78 is 5.26. The highest BCUT2D eigenvalue weighted by Gasteiger charge is 2.26. The average molecular weight is 372 g/mol. The van der Waals surface area contributed by atoms with Gasteiger partial charge >= 0.3 is 0 Å². The Balaban J connectivity index is 1.54. The number of hydrogen-bond acceptors (Lipinski definition) is 3. The number of anilines is 2. The summed E-state index contributed by atoms with van der Waals surface area (Å²) in [6, 6.07) is 22.0. The van der Waals surface area contributed by atoms with Gasteiger partial charge in [-0.3, -0.25) is 9.59 Å². The minimum atomic E-state index is -0.229. The van der Waals surface area contributed by atoms with Crippen molar-refractivity contribution in [3.8, 4) is 5.75 Å². The van der Waals surface area contributed by atoms with Gasteiger partial charge in [0.25, 0.3) is 11.8 Å². The van der Waals surface area contributed by atoms with Crippen molar-refractivity contribution >= 4 is 23.2 Å². The van der Waals surface area contributed by atoms with Gasteiger partial charge < -0.3 is 15.0 Å². The van der Waals surface area contributed by atoms with Crippen LogP contribution in [0.4, 0.5) is 11.4 Å². The number of benzene rings is 3. The maximum Gasteiger partial charge on any atom is 0.259 e. The number of carbonyl (C=O) groups is 2. The lowest BCUT2D eigenvalue weighted by molar-refractivity contribution is 0.0987. The zero-order valence-electron chi connectivity index (χ0n) is 15.5. The lowest BCUT2D eigenvalue weighted by Crippen LogP contribution is -2.28. The van der Waals surface area contributed by atoms with Gasteiger partial charge in [-0.2, -0.15) is 0 Å². The van der Waals surface area contributed by atoms with E-state index in [0.717, 1.165) is 17.7 Å². The first-order valence-electron chi connectivity index (χ1n) is 9.11. The van der Waals surface area contributed by atoms with Crippen LogP contribution in [-0.2, 0) is 6.42 Å². The third-order valence-corrected chi connectivity index (χ3v) is 4.85. The van der Waals surface area contributed by atoms with Crippen molar-refractivity contribution in [1.82, 2.24) is 0 Å². The summed E-state index contributed by atoms with van der Waals surface area (Å²) in [5.41, 5.74) is 3.78. The van der Waals surface area contributed by atoms with Crippen LogP contribution in [0.3, 0.4) is 0 Å². The normalized spacial score (nSPS) is 12.4. The maximum atomic E-state index is 12.8. The fourth-order valence-corrected chi connectivity index (χ4v) is 3.46. The highest BCUT2D eigenvalue weighted by atomic mass is 16.5. The Morgan fingerprint density at radius 1 is 0.964 bits per heavy atom. The highest BCUT2D eigenvalue weighted by Crippen LogP contribution is 2.32. The number of ether oxygens (including phenoxy) is 1. The van der Waals surface area contributed by atoms with Gasteiger partial charge in [-0.25, -0.2) is 0 Å². The molecule has 0 atom stereocenters. The van der Waals surface area contributed by atoms with E-state index in [4.69, 9.17) is 4.74 Å². The number of nitrogens with zero attached hydrogens (tertiary/aromatic N) is 1. The molecule has 0 spiro atoms. The van der Waals surface area contributed by atoms with Crippen molar-refractivity contribution in [1.29, 1.82) is 0 Å². The first-order chi connectivity index (χ1) is 13.7. The minimum Gasteiger partial charge on any atom is -0.496 e. The molecule has 0 aromatic heterocycles. The van der Waals surface area contributed by atoms with Crippen LogP contribution in [-0.4, -0.2) is 25.5 Å². The van der Waals surface area contributed by atoms with Crippen molar-refractivity contribution in [2.45, 2.75) is 6.42 Å². The molecule has 1 N–H and O–H groups in total. The summed E-state index contributed by atoms with van der Waals surface area (Å²) in [4.78, 5) is 27.2. The van der Waals surface area contributed by atoms with Gasteiger partial charge in [-0.15, -0.1) is 0 Å². The van der Waals surface area contributed by atoms with E-state index in [-0.39, 0.29) is 11.8 Å². The van der Waals surface area contributed by atoms with E-state index in [0.29, 0.717) is 29.1 Å². The third kappa shape index (κ3) is 3.34. The van der Waals surface area contributed by atoms with Gasteiger partial charge in [0.1, 0.15) is 5.75 Å². The highest BCUT2D eigenvalue weighted by molar-refractivity contribution is 6.08. The Bertz CT molecular complexity index is 1030. The van der Waals surface area contributed by atoms with Crippen LogP contribution in [0.15, 0.2) is 72.8 Å². The summed E-state index contributed by atoms with van der Waals surface area (Å²) in [7, 11) is 1.54. The molecule has 1 aliphatic heterocycles. The van der Waals surface area contributed by atoms with E-state index in [9.17, 15) is 9.59 Å². The van der Waals surface area contributed by atoms with Crippen LogP contribution < -0.4 is 15.0 Å². The van der Waals surface area contributed by atoms with Crippen molar-refractivity contribution in [2.75, 3.05) is 23.9 Å². The number of fused-ring (bicyclic) bond motifs is 1. The molecule has 5 nitrogen and oxygen atoms in total. The quantitative estimate of drug-likeness (QED) is 0.748. The summed E-state index contributed by atoms with van der Waals surface area (Å²) >= 11 is 0. The smallest absolute Gasteiger partial charge is 0.259 e. The van der Waals surface area contributed by atoms with E-state index in [1.807, 2.05) is 54.6 Å². The van der Waals surface area contributed by atoms with Crippen LogP contribution in [0.25, 0.3) is 0 Å². The molecule has 0 unspecified atom stereocenters. The fourth-order valence-electron chi connectivity index (χ4n) is 3.46. The number of carbonyl (C=O) groups excluding carboxylic acids is 2. The van der Waals surface area contributed by atoms with Crippen molar-refractivity contribution in [2.24, 2.45) is 0 Å². The first kappa shape index (κ1) is 17.8. The standard InChI is InChI=1S/C23H20N2O3/c1-28-21-10-6-5-9-19(21)22(26)24-18-11-12-20-17(15-18)13-14-25(20)23(27)16-7-3-2-4-8-16/h2-12,15H,13-14H2,1H3,(H,24,26). The van der Waals surface area contributed by atoms with Crippen LogP contribution in [0.5, 0.6) is 5.75 Å². The van der Waals surface area contributed by atoms with Crippen LogP contribution in [0, 0.1) is 0 Å². The Labute approximate surface area is 163 Å². The van der Waals surface area contributed by atoms with E-state index < -0.39 is 0 Å². The Kier molecular flexibility index (Phi) is 4.81. The number of amides is 2. The molecule has 1 heterocycles. The predicted octanol–water partition coefficient (Wildman–Crippen LogP) is 4.15. The molecule has 0 saturated carbocycles. The largest absolute Gasteiger partial charge is 0.496 e. The molecule has 140 valence electrons. The first-order valence-corrected chi connectivity index (χ1v) is 9.11. The van der Waals surface area contributed by atoms with E-state index in [2.05, 4.69) is 5.32 Å². The topological polar surface area (TPSA) is 58.6 Å². The lowest BCUT2D eigenvalue weighted by atomic mass is 10.1. The number of rotatable bonds is 4. The second-order valence-corrected chi connectivity index (χ2v) is 6.57. The molecular formula is C23H20N2O3. The minimum absolute atomic E-state index is 0.00911. The molecule has 0 radical (unpaired) electrons. The zero-order valence-corrected chi connectivity index (χ0v) is 15.5. The summed E-state index contributed by atoms with van der Waals surface area (Å²) in [5.74, 6) is 0.290. The zero-order chi connectivity index (χ0) is 19.5. The molecule has 28 heavy (non-hydrogen) atoms. The molecule has 2 amide bonds. The molecule has 1 aliphatic rings. The molecular weight excluding hydrogens is 352 g/mol. The van der Waals surface area contributed by atoms with Gasteiger partial charge in [-0.05, 0) is 54.4 Å². The van der Waals surface area contributed by atoms with E-state index in [1.54, 1.807) is 30.2 Å². The number of hydrogen-bond donors (Lipinski definition) is 1. The average Bonchev–Trinajstić information content (AvgIpc) is 3.17. The molecule has 3 aromatic rings. The molecule has 3 aromatic carbocycles. The second kappa shape index (κ2) is 7.56. The summed E-state index contributed by atoms with van der Waals surface area (Å²) in [6.07, 6.45) is 0.756. The molecule has 0 saturated heterocycles. The van der Waals surface area contributed by atoms with Crippen molar-refractivity contribution in [3.05, 3.63) is 89.5 Å². The fraction of sp³-hybridized carbons (Fsp3) is 0.130. The van der Waals surface area contributed by atoms with Crippen molar-refractivity contribution < 1.29 is 14.3 Å². The van der Waals surface area contributed by atoms with Gasteiger partial charge in [0, 0.05) is 23.5 Å². The lowest BCUT2D eigenvalue weighted by Gasteiger charge is -2.18. The Morgan fingerprint density at radius 3 is 2.50 bits per heavy atom. The SMILES string of the molecule is COc1ccccc1C(=O)Nc1ccc2c(c1)CCN2C(=O)c1ccccc1. The second-order valence-electron chi connectivity index (χ2n) is 6.57. The number of para-hydroxylation sites is 1. The van der Waals surface area contributed by atoms with Crippen LogP contribution in [0.2, 0.25) is 0 Å². The van der Waals surface area contributed by atoms with Gasteiger partial charge in [0.15, 0.2) is 0 Å². The van der Waals surface area contributed by atoms with E-state index >= 15 is 0 Å². The molecule has 0 aliphatic carbocycles. The Hall–Kier alpha value is -3.60. The third-order valence-electron chi connectivity index (χ3n) is 4.85. The molecule has 0 bridgehead atoms. The van der Waals surface area contributed by atoms with Crippen LogP contribution in [0.1, 0.15) is 26.3 Å². The monoisotopic (exact) mass is 372 g/mol. The van der Waals surface area contributed by atoms with Gasteiger partial charge in [0.2, 0.25) is 0 Å². The Morgan fingerprint density at radius 2 is 1.71 bits per heavy atom. The molecule has 0 fully saturated rings. The summed E-state index contributed by atoms with van der Waals surface area (Å²) in [5, 5.41) is 2.92.